The van der Waals surface area contributed by atoms with Crippen LogP contribution in [0.3, 0.4) is 0 Å². The summed E-state index contributed by atoms with van der Waals surface area (Å²) in [4.78, 5) is 0. The highest BCUT2D eigenvalue weighted by molar-refractivity contribution is 6.10. The Morgan fingerprint density at radius 1 is 0.950 bits per heavy atom. The van der Waals surface area contributed by atoms with Gasteiger partial charge >= 0.3 is 0 Å². The molecule has 0 fully saturated rings. The van der Waals surface area contributed by atoms with E-state index in [-0.39, 0.29) is 0 Å². The first-order valence-electron chi connectivity index (χ1n) is 15.6. The molecule has 0 saturated heterocycles. The van der Waals surface area contributed by atoms with Gasteiger partial charge in [0.2, 0.25) is 0 Å². The third kappa shape index (κ3) is 6.54. The Morgan fingerprint density at radius 2 is 1.80 bits per heavy atom. The molecule has 4 aromatic rings. The van der Waals surface area contributed by atoms with Crippen LogP contribution in [0, 0.1) is 19.8 Å². The topological polar surface area (TPSA) is 25.2 Å². The Labute approximate surface area is 241 Å². The summed E-state index contributed by atoms with van der Waals surface area (Å²) < 4.78 is 6.53. The molecule has 0 saturated carbocycles. The van der Waals surface area contributed by atoms with Crippen LogP contribution >= 0.6 is 0 Å². The van der Waals surface area contributed by atoms with Crippen molar-refractivity contribution >= 4 is 21.9 Å². The molecular formula is C38H47NO. The maximum absolute atomic E-state index is 6.53. The molecule has 0 spiro atoms. The summed E-state index contributed by atoms with van der Waals surface area (Å²) >= 11 is 0. The van der Waals surface area contributed by atoms with Crippen molar-refractivity contribution in [1.29, 1.82) is 0 Å². The van der Waals surface area contributed by atoms with E-state index in [0.717, 1.165) is 23.6 Å². The first-order valence-corrected chi connectivity index (χ1v) is 15.6. The van der Waals surface area contributed by atoms with Gasteiger partial charge in [0.05, 0.1) is 0 Å². The summed E-state index contributed by atoms with van der Waals surface area (Å²) in [6.07, 6.45) is 18.4. The lowest BCUT2D eigenvalue weighted by Crippen LogP contribution is -2.18. The molecule has 2 nitrogen and oxygen atoms in total. The zero-order valence-corrected chi connectivity index (χ0v) is 25.1. The fourth-order valence-corrected chi connectivity index (χ4v) is 6.47. The van der Waals surface area contributed by atoms with Gasteiger partial charge in [-0.2, -0.15) is 0 Å². The third-order valence-electron chi connectivity index (χ3n) is 8.86. The molecule has 2 heteroatoms. The Balaban J connectivity index is 1.26. The Hall–Kier alpha value is -3.26. The quantitative estimate of drug-likeness (QED) is 0.145. The number of furan rings is 1. The number of nitrogens with one attached hydrogen (secondary N) is 1. The minimum atomic E-state index is 0.462. The molecule has 0 bridgehead atoms. The van der Waals surface area contributed by atoms with Crippen molar-refractivity contribution in [1.82, 2.24) is 5.32 Å². The normalized spacial score (nSPS) is 16.6. The van der Waals surface area contributed by atoms with Crippen LogP contribution in [0.5, 0.6) is 0 Å². The minimum Gasteiger partial charge on any atom is -0.455 e. The van der Waals surface area contributed by atoms with Gasteiger partial charge in [0.1, 0.15) is 11.2 Å². The van der Waals surface area contributed by atoms with Crippen molar-refractivity contribution in [2.75, 3.05) is 6.54 Å². The molecule has 1 aliphatic rings. The van der Waals surface area contributed by atoms with E-state index in [1.165, 1.54) is 102 Å². The van der Waals surface area contributed by atoms with Crippen LogP contribution in [0.2, 0.25) is 0 Å². The molecule has 1 heterocycles. The molecule has 5 rings (SSSR count). The molecule has 1 aromatic heterocycles. The van der Waals surface area contributed by atoms with Crippen LogP contribution in [0.4, 0.5) is 0 Å². The molecule has 210 valence electrons. The van der Waals surface area contributed by atoms with Crippen LogP contribution in [-0.2, 0) is 0 Å². The SMILES string of the molecule is C/C=C\CCCC(C)CCCCNC1=CC(c2ccc3oc4c(-c5ccccc5C)c(C)ccc4c3c2)CCC1. The van der Waals surface area contributed by atoms with E-state index in [1.54, 1.807) is 0 Å². The first-order chi connectivity index (χ1) is 19.5. The maximum Gasteiger partial charge on any atom is 0.143 e. The average molecular weight is 534 g/mol. The molecule has 0 aliphatic heterocycles. The average Bonchev–Trinajstić information content (AvgIpc) is 3.34. The summed E-state index contributed by atoms with van der Waals surface area (Å²) in [7, 11) is 0. The Bertz CT molecular complexity index is 1490. The van der Waals surface area contributed by atoms with Gasteiger partial charge in [-0.3, -0.25) is 0 Å². The number of fused-ring (bicyclic) bond motifs is 3. The van der Waals surface area contributed by atoms with E-state index >= 15 is 0 Å². The molecule has 2 atom stereocenters. The van der Waals surface area contributed by atoms with Gasteiger partial charge in [0.25, 0.3) is 0 Å². The van der Waals surface area contributed by atoms with Crippen molar-refractivity contribution in [2.24, 2.45) is 5.92 Å². The number of hydrogen-bond donors (Lipinski definition) is 1. The number of unbranched alkanes of at least 4 members (excludes halogenated alkanes) is 2. The minimum absolute atomic E-state index is 0.462. The molecule has 1 aliphatic carbocycles. The van der Waals surface area contributed by atoms with Crippen molar-refractivity contribution in [3.8, 4) is 11.1 Å². The number of hydrogen-bond acceptors (Lipinski definition) is 2. The van der Waals surface area contributed by atoms with Gasteiger partial charge in [-0.15, -0.1) is 0 Å². The third-order valence-corrected chi connectivity index (χ3v) is 8.86. The number of rotatable bonds is 12. The lowest BCUT2D eigenvalue weighted by atomic mass is 9.87. The summed E-state index contributed by atoms with van der Waals surface area (Å²) in [5, 5.41) is 6.24. The van der Waals surface area contributed by atoms with Crippen LogP contribution in [0.1, 0.15) is 94.2 Å². The van der Waals surface area contributed by atoms with Crippen LogP contribution < -0.4 is 5.32 Å². The van der Waals surface area contributed by atoms with Gasteiger partial charge in [0.15, 0.2) is 0 Å². The van der Waals surface area contributed by atoms with Crippen LogP contribution in [-0.4, -0.2) is 6.54 Å². The van der Waals surface area contributed by atoms with Crippen molar-refractivity contribution < 1.29 is 4.42 Å². The lowest BCUT2D eigenvalue weighted by Gasteiger charge is -2.23. The van der Waals surface area contributed by atoms with Gasteiger partial charge in [-0.05, 0) is 99.6 Å². The second-order valence-corrected chi connectivity index (χ2v) is 12.0. The molecule has 40 heavy (non-hydrogen) atoms. The zero-order valence-electron chi connectivity index (χ0n) is 25.1. The predicted molar refractivity (Wildman–Crippen MR) is 173 cm³/mol. The highest BCUT2D eigenvalue weighted by atomic mass is 16.3. The molecule has 2 unspecified atom stereocenters. The standard InChI is InChI=1S/C38H47NO/c1-5-6-7-8-14-27(2)15-11-12-24-39-32-18-13-17-30(25-32)31-21-23-36-35(26-31)34-22-20-29(4)37(38(34)40-36)33-19-10-9-16-28(33)3/h5-6,9-10,16,19-23,25-27,30,39H,7-8,11-15,17-18,24H2,1-4H3/b6-5-. The highest BCUT2D eigenvalue weighted by Crippen LogP contribution is 2.40. The van der Waals surface area contributed by atoms with Gasteiger partial charge < -0.3 is 9.73 Å². The van der Waals surface area contributed by atoms with E-state index in [0.29, 0.717) is 5.92 Å². The van der Waals surface area contributed by atoms with Gasteiger partial charge in [-0.25, -0.2) is 0 Å². The van der Waals surface area contributed by atoms with Gasteiger partial charge in [-0.1, -0.05) is 86.9 Å². The Morgan fingerprint density at radius 3 is 2.65 bits per heavy atom. The number of aryl methyl sites for hydroxylation is 2. The van der Waals surface area contributed by atoms with Crippen molar-refractivity contribution in [3.05, 3.63) is 95.2 Å². The van der Waals surface area contributed by atoms with Crippen LogP contribution in [0.15, 0.2) is 82.9 Å². The lowest BCUT2D eigenvalue weighted by molar-refractivity contribution is 0.450. The smallest absolute Gasteiger partial charge is 0.143 e. The van der Waals surface area contributed by atoms with Crippen molar-refractivity contribution in [2.45, 2.75) is 91.4 Å². The number of allylic oxidation sites excluding steroid dienone is 4. The molecule has 0 radical (unpaired) electrons. The predicted octanol–water partition coefficient (Wildman–Crippen LogP) is 11.2. The first kappa shape index (κ1) is 28.3. The van der Waals surface area contributed by atoms with Crippen LogP contribution in [0.25, 0.3) is 33.1 Å². The fourth-order valence-electron chi connectivity index (χ4n) is 6.47. The van der Waals surface area contributed by atoms with Crippen molar-refractivity contribution in [3.63, 3.8) is 0 Å². The second-order valence-electron chi connectivity index (χ2n) is 12.0. The molecule has 1 N–H and O–H groups in total. The monoisotopic (exact) mass is 533 g/mol. The largest absolute Gasteiger partial charge is 0.455 e. The fraction of sp³-hybridized carbons (Fsp3) is 0.421. The molecule has 0 amide bonds. The maximum atomic E-state index is 6.53. The molecule has 3 aromatic carbocycles. The van der Waals surface area contributed by atoms with E-state index in [4.69, 9.17) is 4.42 Å². The highest BCUT2D eigenvalue weighted by Gasteiger charge is 2.19. The van der Waals surface area contributed by atoms with E-state index in [9.17, 15) is 0 Å². The van der Waals surface area contributed by atoms with Gasteiger partial charge in [0, 0.05) is 34.5 Å². The van der Waals surface area contributed by atoms with E-state index in [2.05, 4.69) is 106 Å². The summed E-state index contributed by atoms with van der Waals surface area (Å²) in [6.45, 7) is 10.00. The number of benzene rings is 3. The summed E-state index contributed by atoms with van der Waals surface area (Å²) in [5.41, 5.74) is 9.84. The second kappa shape index (κ2) is 13.4. The van der Waals surface area contributed by atoms with E-state index in [1.807, 2.05) is 0 Å². The zero-order chi connectivity index (χ0) is 27.9. The summed E-state index contributed by atoms with van der Waals surface area (Å²) in [6, 6.07) is 20.0. The summed E-state index contributed by atoms with van der Waals surface area (Å²) in [5.74, 6) is 1.30. The Kier molecular flexibility index (Phi) is 9.47. The van der Waals surface area contributed by atoms with E-state index < -0.39 is 0 Å². The molecular weight excluding hydrogens is 486 g/mol.